The first-order chi connectivity index (χ1) is 7.99. The van der Waals surface area contributed by atoms with Crippen molar-refractivity contribution in [3.05, 3.63) is 42.5 Å². The van der Waals surface area contributed by atoms with Crippen LogP contribution in [0.2, 0.25) is 0 Å². The van der Waals surface area contributed by atoms with E-state index in [-0.39, 0.29) is 12.8 Å². The van der Waals surface area contributed by atoms with E-state index in [4.69, 9.17) is 9.26 Å². The van der Waals surface area contributed by atoms with Gasteiger partial charge in [0.05, 0.1) is 19.4 Å². The molecule has 1 N–H and O–H groups in total. The van der Waals surface area contributed by atoms with Crippen LogP contribution in [-0.2, 0) is 9.30 Å². The molecule has 0 bridgehead atoms. The minimum absolute atomic E-state index is 0.0326. The number of rotatable bonds is 7. The summed E-state index contributed by atoms with van der Waals surface area (Å²) in [6, 6.07) is 8.57. The highest BCUT2D eigenvalue weighted by Gasteiger charge is 2.20. The maximum absolute atomic E-state index is 11.7. The molecule has 1 aromatic carbocycles. The van der Waals surface area contributed by atoms with Gasteiger partial charge in [0.15, 0.2) is 0 Å². The molecule has 17 heavy (non-hydrogen) atoms. The van der Waals surface area contributed by atoms with Crippen molar-refractivity contribution in [2.24, 2.45) is 0 Å². The molecule has 0 spiro atoms. The Bertz CT molecular complexity index is 402. The molecule has 0 aliphatic carbocycles. The standard InChI is InChI=1S/C12H17O4P/c1-11(2)10-15-8-9-17(13,14)16-12-6-4-3-5-7-12/h3-7H,1,8-10H2,2H3,(H,13,14). The van der Waals surface area contributed by atoms with Crippen LogP contribution in [0.1, 0.15) is 6.92 Å². The second-order valence-corrected chi connectivity index (χ2v) is 5.68. The van der Waals surface area contributed by atoms with E-state index in [0.717, 1.165) is 5.57 Å². The van der Waals surface area contributed by atoms with Crippen LogP contribution in [0.4, 0.5) is 0 Å². The number of benzene rings is 1. The molecule has 5 heteroatoms. The van der Waals surface area contributed by atoms with Crippen LogP contribution < -0.4 is 4.52 Å². The van der Waals surface area contributed by atoms with Gasteiger partial charge >= 0.3 is 7.60 Å². The van der Waals surface area contributed by atoms with Crippen LogP contribution in [0.3, 0.4) is 0 Å². The summed E-state index contributed by atoms with van der Waals surface area (Å²) >= 11 is 0. The molecule has 1 aromatic rings. The smallest absolute Gasteiger partial charge is 0.378 e. The molecular formula is C12H17O4P. The van der Waals surface area contributed by atoms with Crippen molar-refractivity contribution in [3.8, 4) is 5.75 Å². The largest absolute Gasteiger partial charge is 0.424 e. The molecule has 0 saturated carbocycles. The molecule has 1 unspecified atom stereocenters. The van der Waals surface area contributed by atoms with Gasteiger partial charge in [0, 0.05) is 0 Å². The lowest BCUT2D eigenvalue weighted by molar-refractivity contribution is 0.168. The lowest BCUT2D eigenvalue weighted by Crippen LogP contribution is -2.06. The average molecular weight is 256 g/mol. The highest BCUT2D eigenvalue weighted by Crippen LogP contribution is 2.41. The first-order valence-electron chi connectivity index (χ1n) is 5.28. The van der Waals surface area contributed by atoms with Gasteiger partial charge in [-0.1, -0.05) is 30.4 Å². The zero-order valence-electron chi connectivity index (χ0n) is 9.83. The van der Waals surface area contributed by atoms with Gasteiger partial charge in [0.1, 0.15) is 5.75 Å². The Morgan fingerprint density at radius 1 is 1.41 bits per heavy atom. The van der Waals surface area contributed by atoms with E-state index in [2.05, 4.69) is 6.58 Å². The average Bonchev–Trinajstić information content (AvgIpc) is 2.25. The maximum Gasteiger partial charge on any atom is 0.378 e. The maximum atomic E-state index is 11.7. The topological polar surface area (TPSA) is 55.8 Å². The van der Waals surface area contributed by atoms with Gasteiger partial charge < -0.3 is 14.2 Å². The molecule has 0 saturated heterocycles. The second kappa shape index (κ2) is 6.60. The molecule has 0 aliphatic heterocycles. The minimum Gasteiger partial charge on any atom is -0.424 e. The van der Waals surface area contributed by atoms with Gasteiger partial charge in [-0.05, 0) is 19.1 Å². The lowest BCUT2D eigenvalue weighted by Gasteiger charge is -2.13. The third-order valence-electron chi connectivity index (χ3n) is 1.86. The monoisotopic (exact) mass is 256 g/mol. The molecule has 0 aliphatic rings. The first-order valence-corrected chi connectivity index (χ1v) is 7.04. The summed E-state index contributed by atoms with van der Waals surface area (Å²) in [7, 11) is -3.63. The first kappa shape index (κ1) is 14.0. The highest BCUT2D eigenvalue weighted by atomic mass is 31.2. The van der Waals surface area contributed by atoms with Gasteiger partial charge in [0.25, 0.3) is 0 Å². The summed E-state index contributed by atoms with van der Waals surface area (Å²) < 4.78 is 21.8. The van der Waals surface area contributed by atoms with Crippen LogP contribution in [-0.4, -0.2) is 24.3 Å². The van der Waals surface area contributed by atoms with Crippen LogP contribution >= 0.6 is 7.60 Å². The Morgan fingerprint density at radius 2 is 2.06 bits per heavy atom. The second-order valence-electron chi connectivity index (χ2n) is 3.78. The molecule has 0 amide bonds. The van der Waals surface area contributed by atoms with Crippen LogP contribution in [0, 0.1) is 0 Å². The summed E-state index contributed by atoms with van der Waals surface area (Å²) in [6.07, 6.45) is -0.0326. The van der Waals surface area contributed by atoms with Crippen LogP contribution in [0.15, 0.2) is 42.5 Å². The Labute approximate surface area is 101 Å². The lowest BCUT2D eigenvalue weighted by atomic mass is 10.3. The fourth-order valence-electron chi connectivity index (χ4n) is 1.12. The van der Waals surface area contributed by atoms with Gasteiger partial charge in [0.2, 0.25) is 0 Å². The molecule has 0 aromatic heterocycles. The van der Waals surface area contributed by atoms with Crippen LogP contribution in [0.5, 0.6) is 5.75 Å². The Balaban J connectivity index is 2.36. The SMILES string of the molecule is C=C(C)COCCP(=O)(O)Oc1ccccc1. The Kier molecular flexibility index (Phi) is 5.42. The Hall–Kier alpha value is -1.09. The van der Waals surface area contributed by atoms with Crippen molar-refractivity contribution in [2.75, 3.05) is 19.4 Å². The molecule has 4 nitrogen and oxygen atoms in total. The van der Waals surface area contributed by atoms with Crippen molar-refractivity contribution in [2.45, 2.75) is 6.92 Å². The summed E-state index contributed by atoms with van der Waals surface area (Å²) in [5, 5.41) is 0. The van der Waals surface area contributed by atoms with E-state index in [1.807, 2.05) is 13.0 Å². The van der Waals surface area contributed by atoms with E-state index < -0.39 is 7.60 Å². The van der Waals surface area contributed by atoms with Crippen LogP contribution in [0.25, 0.3) is 0 Å². The fourth-order valence-corrected chi connectivity index (χ4v) is 2.02. The van der Waals surface area contributed by atoms with Crippen molar-refractivity contribution < 1.29 is 18.7 Å². The fraction of sp³-hybridized carbons (Fsp3) is 0.333. The van der Waals surface area contributed by atoms with Gasteiger partial charge in [-0.15, -0.1) is 0 Å². The number of ether oxygens (including phenoxy) is 1. The molecule has 0 heterocycles. The quantitative estimate of drug-likeness (QED) is 0.463. The van der Waals surface area contributed by atoms with Crippen molar-refractivity contribution >= 4 is 7.60 Å². The molecular weight excluding hydrogens is 239 g/mol. The molecule has 0 fully saturated rings. The summed E-state index contributed by atoms with van der Waals surface area (Å²) in [5.41, 5.74) is 0.877. The van der Waals surface area contributed by atoms with E-state index in [1.54, 1.807) is 24.3 Å². The molecule has 94 valence electrons. The predicted octanol–water partition coefficient (Wildman–Crippen LogP) is 2.84. The Morgan fingerprint density at radius 3 is 2.65 bits per heavy atom. The summed E-state index contributed by atoms with van der Waals surface area (Å²) in [6.45, 7) is 6.07. The van der Waals surface area contributed by atoms with E-state index in [9.17, 15) is 9.46 Å². The van der Waals surface area contributed by atoms with Gasteiger partial charge in [-0.25, -0.2) is 4.57 Å². The van der Waals surface area contributed by atoms with Gasteiger partial charge in [-0.3, -0.25) is 0 Å². The van der Waals surface area contributed by atoms with Gasteiger partial charge in [-0.2, -0.15) is 0 Å². The predicted molar refractivity (Wildman–Crippen MR) is 67.4 cm³/mol. The number of hydrogen-bond acceptors (Lipinski definition) is 3. The third-order valence-corrected chi connectivity index (χ3v) is 3.10. The van der Waals surface area contributed by atoms with Crippen molar-refractivity contribution in [3.63, 3.8) is 0 Å². The molecule has 1 rings (SSSR count). The van der Waals surface area contributed by atoms with E-state index >= 15 is 0 Å². The van der Waals surface area contributed by atoms with E-state index in [1.165, 1.54) is 0 Å². The number of hydrogen-bond donors (Lipinski definition) is 1. The van der Waals surface area contributed by atoms with Crippen molar-refractivity contribution in [1.82, 2.24) is 0 Å². The molecule has 1 atom stereocenters. The zero-order valence-corrected chi connectivity index (χ0v) is 10.7. The zero-order chi connectivity index (χ0) is 12.7. The minimum atomic E-state index is -3.63. The molecule has 0 radical (unpaired) electrons. The van der Waals surface area contributed by atoms with Crippen molar-refractivity contribution in [1.29, 1.82) is 0 Å². The third kappa shape index (κ3) is 6.27. The normalized spacial score (nSPS) is 14.0. The summed E-state index contributed by atoms with van der Waals surface area (Å²) in [5.74, 6) is 0.387. The summed E-state index contributed by atoms with van der Waals surface area (Å²) in [4.78, 5) is 9.56. The number of para-hydroxylation sites is 1. The highest BCUT2D eigenvalue weighted by molar-refractivity contribution is 7.53. The van der Waals surface area contributed by atoms with E-state index in [0.29, 0.717) is 12.4 Å².